The minimum absolute atomic E-state index is 0.0353. The molecule has 5 heteroatoms. The average molecular weight is 260 g/mol. The van der Waals surface area contributed by atoms with Crippen molar-refractivity contribution in [2.45, 2.75) is 32.1 Å². The quantitative estimate of drug-likeness (QED) is 0.442. The molecule has 1 aliphatic carbocycles. The van der Waals surface area contributed by atoms with Crippen LogP contribution >= 0.6 is 11.6 Å². The first-order valence-corrected chi connectivity index (χ1v) is 6.41. The van der Waals surface area contributed by atoms with Crippen LogP contribution in [-0.2, 0) is 14.4 Å². The SMILES string of the molecule is C=CCN(OC(=O)CCl)C(=O)C1CCCCC1. The van der Waals surface area contributed by atoms with E-state index in [1.54, 1.807) is 0 Å². The van der Waals surface area contributed by atoms with E-state index in [1.807, 2.05) is 0 Å². The molecule has 1 amide bonds. The maximum absolute atomic E-state index is 12.1. The van der Waals surface area contributed by atoms with Crippen LogP contribution in [0.25, 0.3) is 0 Å². The van der Waals surface area contributed by atoms with E-state index < -0.39 is 5.97 Å². The van der Waals surface area contributed by atoms with Crippen molar-refractivity contribution in [2.24, 2.45) is 5.92 Å². The second kappa shape index (κ2) is 7.33. The van der Waals surface area contributed by atoms with Gasteiger partial charge in [0.05, 0.1) is 6.54 Å². The number of carbonyl (C=O) groups is 2. The Bertz CT molecular complexity index is 287. The lowest BCUT2D eigenvalue weighted by Crippen LogP contribution is -2.39. The third-order valence-electron chi connectivity index (χ3n) is 2.82. The number of hydroxylamine groups is 2. The summed E-state index contributed by atoms with van der Waals surface area (Å²) in [4.78, 5) is 28.1. The molecule has 1 fully saturated rings. The van der Waals surface area contributed by atoms with Crippen LogP contribution in [0, 0.1) is 5.92 Å². The van der Waals surface area contributed by atoms with Crippen molar-refractivity contribution in [3.05, 3.63) is 12.7 Å². The Morgan fingerprint density at radius 2 is 2.00 bits per heavy atom. The molecule has 0 saturated heterocycles. The van der Waals surface area contributed by atoms with E-state index in [0.29, 0.717) is 0 Å². The normalized spacial score (nSPS) is 16.3. The third kappa shape index (κ3) is 4.38. The van der Waals surface area contributed by atoms with Crippen LogP contribution in [0.1, 0.15) is 32.1 Å². The van der Waals surface area contributed by atoms with Crippen molar-refractivity contribution in [3.8, 4) is 0 Å². The molecule has 0 N–H and O–H groups in total. The lowest BCUT2D eigenvalue weighted by Gasteiger charge is -2.26. The Morgan fingerprint density at radius 1 is 1.35 bits per heavy atom. The topological polar surface area (TPSA) is 46.6 Å². The van der Waals surface area contributed by atoms with Gasteiger partial charge in [-0.1, -0.05) is 25.3 Å². The predicted molar refractivity (Wildman–Crippen MR) is 65.3 cm³/mol. The van der Waals surface area contributed by atoms with E-state index in [-0.39, 0.29) is 24.2 Å². The second-order valence-corrected chi connectivity index (χ2v) is 4.39. The van der Waals surface area contributed by atoms with Crippen molar-refractivity contribution in [3.63, 3.8) is 0 Å². The fourth-order valence-corrected chi connectivity index (χ4v) is 2.04. The maximum atomic E-state index is 12.1. The van der Waals surface area contributed by atoms with Crippen molar-refractivity contribution in [1.29, 1.82) is 0 Å². The standard InChI is InChI=1S/C12H18ClNO3/c1-2-8-14(17-11(15)9-13)12(16)10-6-4-3-5-7-10/h2,10H,1,3-9H2. The molecule has 17 heavy (non-hydrogen) atoms. The van der Waals surface area contributed by atoms with Crippen LogP contribution in [0.2, 0.25) is 0 Å². The summed E-state index contributed by atoms with van der Waals surface area (Å²) in [5.41, 5.74) is 0. The first kappa shape index (κ1) is 14.0. The van der Waals surface area contributed by atoms with E-state index in [9.17, 15) is 9.59 Å². The van der Waals surface area contributed by atoms with Crippen molar-refractivity contribution < 1.29 is 14.4 Å². The van der Waals surface area contributed by atoms with Gasteiger partial charge >= 0.3 is 5.97 Å². The van der Waals surface area contributed by atoms with Crippen LogP contribution in [0.4, 0.5) is 0 Å². The van der Waals surface area contributed by atoms with E-state index in [1.165, 1.54) is 12.5 Å². The van der Waals surface area contributed by atoms with Gasteiger partial charge in [0.1, 0.15) is 5.88 Å². The van der Waals surface area contributed by atoms with Gasteiger partial charge in [-0.3, -0.25) is 4.79 Å². The molecule has 0 radical (unpaired) electrons. The number of halogens is 1. The molecule has 1 rings (SSSR count). The smallest absolute Gasteiger partial charge is 0.336 e. The summed E-state index contributed by atoms with van der Waals surface area (Å²) >= 11 is 5.35. The molecule has 0 aromatic heterocycles. The summed E-state index contributed by atoms with van der Waals surface area (Å²) in [5, 5.41) is 1.08. The fraction of sp³-hybridized carbons (Fsp3) is 0.667. The van der Waals surface area contributed by atoms with Crippen LogP contribution in [0.5, 0.6) is 0 Å². The van der Waals surface area contributed by atoms with Gasteiger partial charge in [0.15, 0.2) is 0 Å². The summed E-state index contributed by atoms with van der Waals surface area (Å²) in [6.45, 7) is 3.75. The molecule has 96 valence electrons. The van der Waals surface area contributed by atoms with Gasteiger partial charge in [-0.2, -0.15) is 5.06 Å². The minimum atomic E-state index is -0.613. The molecule has 4 nitrogen and oxygen atoms in total. The second-order valence-electron chi connectivity index (χ2n) is 4.12. The Balaban J connectivity index is 2.57. The molecule has 0 bridgehead atoms. The first-order chi connectivity index (χ1) is 8.19. The number of carbonyl (C=O) groups excluding carboxylic acids is 2. The van der Waals surface area contributed by atoms with E-state index in [2.05, 4.69) is 6.58 Å². The Kier molecular flexibility index (Phi) is 6.05. The average Bonchev–Trinajstić information content (AvgIpc) is 2.38. The number of nitrogens with zero attached hydrogens (tertiary/aromatic N) is 1. The summed E-state index contributed by atoms with van der Waals surface area (Å²) in [5.74, 6) is -1.04. The number of alkyl halides is 1. The van der Waals surface area contributed by atoms with Gasteiger partial charge in [0.25, 0.3) is 5.91 Å². The van der Waals surface area contributed by atoms with Gasteiger partial charge in [-0.25, -0.2) is 4.79 Å². The number of hydrogen-bond acceptors (Lipinski definition) is 3. The first-order valence-electron chi connectivity index (χ1n) is 5.88. The molecular formula is C12H18ClNO3. The lowest BCUT2D eigenvalue weighted by molar-refractivity contribution is -0.197. The number of amides is 1. The Hall–Kier alpha value is -1.03. The highest BCUT2D eigenvalue weighted by Crippen LogP contribution is 2.25. The van der Waals surface area contributed by atoms with Crippen LogP contribution in [0.3, 0.4) is 0 Å². The molecule has 1 aliphatic rings. The number of rotatable bonds is 4. The Morgan fingerprint density at radius 3 is 2.53 bits per heavy atom. The van der Waals surface area contributed by atoms with Gasteiger partial charge in [0, 0.05) is 5.92 Å². The monoisotopic (exact) mass is 259 g/mol. The molecule has 0 aromatic rings. The van der Waals surface area contributed by atoms with Gasteiger partial charge in [-0.05, 0) is 12.8 Å². The molecule has 0 unspecified atom stereocenters. The summed E-state index contributed by atoms with van der Waals surface area (Å²) in [6, 6.07) is 0. The third-order valence-corrected chi connectivity index (χ3v) is 3.03. The Labute approximate surface area is 107 Å². The molecule has 0 spiro atoms. The van der Waals surface area contributed by atoms with E-state index in [4.69, 9.17) is 16.4 Å². The van der Waals surface area contributed by atoms with Crippen LogP contribution in [-0.4, -0.2) is 29.4 Å². The van der Waals surface area contributed by atoms with Crippen LogP contribution < -0.4 is 0 Å². The molecule has 0 atom stereocenters. The summed E-state index contributed by atoms with van der Waals surface area (Å²) < 4.78 is 0. The van der Waals surface area contributed by atoms with Gasteiger partial charge in [0.2, 0.25) is 0 Å². The lowest BCUT2D eigenvalue weighted by atomic mass is 9.88. The summed E-state index contributed by atoms with van der Waals surface area (Å²) in [6.07, 6.45) is 6.55. The minimum Gasteiger partial charge on any atom is -0.336 e. The van der Waals surface area contributed by atoms with Crippen LogP contribution in [0.15, 0.2) is 12.7 Å². The zero-order valence-corrected chi connectivity index (χ0v) is 10.6. The zero-order chi connectivity index (χ0) is 12.7. The van der Waals surface area contributed by atoms with Crippen molar-refractivity contribution in [2.75, 3.05) is 12.4 Å². The van der Waals surface area contributed by atoms with Gasteiger partial charge < -0.3 is 4.84 Å². The highest BCUT2D eigenvalue weighted by molar-refractivity contribution is 6.26. The van der Waals surface area contributed by atoms with Gasteiger partial charge in [-0.15, -0.1) is 18.2 Å². The molecular weight excluding hydrogens is 242 g/mol. The predicted octanol–water partition coefficient (Wildman–Crippen LogP) is 2.28. The zero-order valence-electron chi connectivity index (χ0n) is 9.86. The van der Waals surface area contributed by atoms with Crippen molar-refractivity contribution >= 4 is 23.5 Å². The maximum Gasteiger partial charge on any atom is 0.347 e. The molecule has 0 aliphatic heterocycles. The number of hydrogen-bond donors (Lipinski definition) is 0. The van der Waals surface area contributed by atoms with E-state index in [0.717, 1.165) is 30.7 Å². The van der Waals surface area contributed by atoms with Crippen molar-refractivity contribution in [1.82, 2.24) is 5.06 Å². The molecule has 0 aromatic carbocycles. The van der Waals surface area contributed by atoms with E-state index >= 15 is 0 Å². The molecule has 0 heterocycles. The highest BCUT2D eigenvalue weighted by Gasteiger charge is 2.27. The molecule has 1 saturated carbocycles. The summed E-state index contributed by atoms with van der Waals surface area (Å²) in [7, 11) is 0. The highest BCUT2D eigenvalue weighted by atomic mass is 35.5. The largest absolute Gasteiger partial charge is 0.347 e. The fourth-order valence-electron chi connectivity index (χ4n) is 1.99.